The molecule has 1 aliphatic carbocycles. The largest absolute Gasteiger partial charge is 0.354 e. The molecule has 1 aliphatic rings. The van der Waals surface area contributed by atoms with Gasteiger partial charge in [-0.2, -0.15) is 0 Å². The minimum absolute atomic E-state index is 0.0376. The zero-order valence-corrected chi connectivity index (χ0v) is 10.4. The van der Waals surface area contributed by atoms with Crippen molar-refractivity contribution < 1.29 is 4.79 Å². The maximum absolute atomic E-state index is 11.7. The molecule has 0 aliphatic heterocycles. The molecule has 92 valence electrons. The number of hydrogen-bond acceptors (Lipinski definition) is 2. The van der Waals surface area contributed by atoms with Gasteiger partial charge in [-0.1, -0.05) is 38.1 Å². The fraction of sp³-hybridized carbons (Fsp3) is 0.500. The van der Waals surface area contributed by atoms with Crippen LogP contribution in [0.1, 0.15) is 30.9 Å². The van der Waals surface area contributed by atoms with Gasteiger partial charge in [0.2, 0.25) is 5.91 Å². The fourth-order valence-electron chi connectivity index (χ4n) is 2.19. The highest BCUT2D eigenvalue weighted by Crippen LogP contribution is 2.33. The Bertz CT molecular complexity index is 414. The molecule has 3 heteroatoms. The van der Waals surface area contributed by atoms with Gasteiger partial charge in [-0.25, -0.2) is 0 Å². The van der Waals surface area contributed by atoms with E-state index in [-0.39, 0.29) is 11.8 Å². The lowest BCUT2D eigenvalue weighted by Gasteiger charge is -2.30. The summed E-state index contributed by atoms with van der Waals surface area (Å²) in [7, 11) is 0. The van der Waals surface area contributed by atoms with E-state index >= 15 is 0 Å². The minimum atomic E-state index is -0.398. The van der Waals surface area contributed by atoms with Crippen LogP contribution in [0.4, 0.5) is 0 Å². The average Bonchev–Trinajstić information content (AvgIpc) is 2.29. The molecular weight excluding hydrogens is 212 g/mol. The normalized spacial score (nSPS) is 19.4. The monoisotopic (exact) mass is 232 g/mol. The Morgan fingerprint density at radius 2 is 2.18 bits per heavy atom. The molecule has 0 saturated heterocycles. The number of carbonyl (C=O) groups excluding carboxylic acids is 1. The van der Waals surface area contributed by atoms with E-state index in [1.54, 1.807) is 0 Å². The standard InChI is InChI=1S/C14H20N2O/c1-9(2)13(15)14(17)16-8-11-7-10-5-3-4-6-12(10)11/h3-6,9,11,13H,7-8,15H2,1-2H3,(H,16,17). The third-order valence-electron chi connectivity index (χ3n) is 3.50. The van der Waals surface area contributed by atoms with Gasteiger partial charge in [0.25, 0.3) is 0 Å². The lowest BCUT2D eigenvalue weighted by atomic mass is 9.77. The first kappa shape index (κ1) is 12.1. The molecule has 0 spiro atoms. The van der Waals surface area contributed by atoms with Gasteiger partial charge in [-0.3, -0.25) is 4.79 Å². The van der Waals surface area contributed by atoms with Gasteiger partial charge in [0, 0.05) is 12.5 Å². The van der Waals surface area contributed by atoms with Crippen molar-refractivity contribution in [2.75, 3.05) is 6.54 Å². The van der Waals surface area contributed by atoms with Crippen LogP contribution < -0.4 is 11.1 Å². The molecule has 2 unspecified atom stereocenters. The second kappa shape index (κ2) is 4.88. The highest BCUT2D eigenvalue weighted by molar-refractivity contribution is 5.81. The molecule has 2 atom stereocenters. The summed E-state index contributed by atoms with van der Waals surface area (Å²) < 4.78 is 0. The summed E-state index contributed by atoms with van der Waals surface area (Å²) in [5, 5.41) is 2.94. The van der Waals surface area contributed by atoms with Crippen LogP contribution in [0.2, 0.25) is 0 Å². The Hall–Kier alpha value is -1.35. The van der Waals surface area contributed by atoms with E-state index in [2.05, 4.69) is 23.5 Å². The van der Waals surface area contributed by atoms with Gasteiger partial charge < -0.3 is 11.1 Å². The Labute approximate surface area is 102 Å². The fourth-order valence-corrected chi connectivity index (χ4v) is 2.19. The van der Waals surface area contributed by atoms with Crippen LogP contribution in [0, 0.1) is 5.92 Å². The lowest BCUT2D eigenvalue weighted by Crippen LogP contribution is -2.45. The quantitative estimate of drug-likeness (QED) is 0.825. The highest BCUT2D eigenvalue weighted by Gasteiger charge is 2.26. The predicted octanol–water partition coefficient (Wildman–Crippen LogP) is 1.43. The van der Waals surface area contributed by atoms with E-state index in [0.29, 0.717) is 12.5 Å². The summed E-state index contributed by atoms with van der Waals surface area (Å²) in [6, 6.07) is 7.99. The predicted molar refractivity (Wildman–Crippen MR) is 68.7 cm³/mol. The Morgan fingerprint density at radius 1 is 1.47 bits per heavy atom. The summed E-state index contributed by atoms with van der Waals surface area (Å²) in [5.74, 6) is 0.613. The van der Waals surface area contributed by atoms with Crippen LogP contribution in [0.3, 0.4) is 0 Å². The number of nitrogens with one attached hydrogen (secondary N) is 1. The van der Waals surface area contributed by atoms with Crippen LogP contribution in [-0.2, 0) is 11.2 Å². The number of nitrogens with two attached hydrogens (primary N) is 1. The van der Waals surface area contributed by atoms with Gasteiger partial charge in [-0.15, -0.1) is 0 Å². The third kappa shape index (κ3) is 2.50. The maximum atomic E-state index is 11.7. The van der Waals surface area contributed by atoms with E-state index in [1.807, 2.05) is 19.9 Å². The lowest BCUT2D eigenvalue weighted by molar-refractivity contribution is -0.123. The number of rotatable bonds is 4. The van der Waals surface area contributed by atoms with Crippen LogP contribution in [0.5, 0.6) is 0 Å². The van der Waals surface area contributed by atoms with E-state index in [1.165, 1.54) is 11.1 Å². The molecule has 0 bridgehead atoms. The van der Waals surface area contributed by atoms with Gasteiger partial charge in [0.05, 0.1) is 6.04 Å². The first-order valence-corrected chi connectivity index (χ1v) is 6.20. The zero-order chi connectivity index (χ0) is 12.4. The van der Waals surface area contributed by atoms with E-state index < -0.39 is 6.04 Å². The van der Waals surface area contributed by atoms with Crippen LogP contribution >= 0.6 is 0 Å². The second-order valence-corrected chi connectivity index (χ2v) is 5.11. The minimum Gasteiger partial charge on any atom is -0.354 e. The molecule has 1 aromatic rings. The van der Waals surface area contributed by atoms with Crippen LogP contribution in [0.25, 0.3) is 0 Å². The van der Waals surface area contributed by atoms with E-state index in [0.717, 1.165) is 6.42 Å². The second-order valence-electron chi connectivity index (χ2n) is 5.11. The Kier molecular flexibility index (Phi) is 3.48. The van der Waals surface area contributed by atoms with Gasteiger partial charge >= 0.3 is 0 Å². The van der Waals surface area contributed by atoms with E-state index in [9.17, 15) is 4.79 Å². The zero-order valence-electron chi connectivity index (χ0n) is 10.4. The highest BCUT2D eigenvalue weighted by atomic mass is 16.2. The molecule has 0 radical (unpaired) electrons. The number of benzene rings is 1. The maximum Gasteiger partial charge on any atom is 0.237 e. The summed E-state index contributed by atoms with van der Waals surface area (Å²) >= 11 is 0. The van der Waals surface area contributed by atoms with Crippen molar-refractivity contribution in [3.63, 3.8) is 0 Å². The Balaban J connectivity index is 1.84. The molecule has 2 rings (SSSR count). The van der Waals surface area contributed by atoms with Crippen molar-refractivity contribution >= 4 is 5.91 Å². The van der Waals surface area contributed by atoms with Gasteiger partial charge in [-0.05, 0) is 23.5 Å². The molecule has 3 N–H and O–H groups in total. The molecule has 0 aromatic heterocycles. The summed E-state index contributed by atoms with van der Waals surface area (Å²) in [5.41, 5.74) is 8.56. The summed E-state index contributed by atoms with van der Waals surface area (Å²) in [4.78, 5) is 11.7. The van der Waals surface area contributed by atoms with Crippen molar-refractivity contribution in [3.8, 4) is 0 Å². The number of carbonyl (C=O) groups is 1. The molecular formula is C14H20N2O. The smallest absolute Gasteiger partial charge is 0.237 e. The number of amides is 1. The first-order valence-electron chi connectivity index (χ1n) is 6.20. The average molecular weight is 232 g/mol. The molecule has 17 heavy (non-hydrogen) atoms. The van der Waals surface area contributed by atoms with Crippen molar-refractivity contribution in [2.24, 2.45) is 11.7 Å². The third-order valence-corrected chi connectivity index (χ3v) is 3.50. The molecule has 3 nitrogen and oxygen atoms in total. The van der Waals surface area contributed by atoms with E-state index in [4.69, 9.17) is 5.73 Å². The molecule has 0 saturated carbocycles. The number of hydrogen-bond donors (Lipinski definition) is 2. The molecule has 0 fully saturated rings. The van der Waals surface area contributed by atoms with Crippen molar-refractivity contribution in [1.82, 2.24) is 5.32 Å². The molecule has 1 aromatic carbocycles. The van der Waals surface area contributed by atoms with Crippen LogP contribution in [-0.4, -0.2) is 18.5 Å². The molecule has 1 amide bonds. The summed E-state index contributed by atoms with van der Waals surface area (Å²) in [6.07, 6.45) is 1.06. The van der Waals surface area contributed by atoms with Gasteiger partial charge in [0.15, 0.2) is 0 Å². The van der Waals surface area contributed by atoms with Crippen molar-refractivity contribution in [1.29, 1.82) is 0 Å². The SMILES string of the molecule is CC(C)C(N)C(=O)NCC1Cc2ccccc21. The summed E-state index contributed by atoms with van der Waals surface area (Å²) in [6.45, 7) is 4.63. The topological polar surface area (TPSA) is 55.1 Å². The van der Waals surface area contributed by atoms with Crippen LogP contribution in [0.15, 0.2) is 24.3 Å². The molecule has 0 heterocycles. The Morgan fingerprint density at radius 3 is 2.82 bits per heavy atom. The number of fused-ring (bicyclic) bond motifs is 1. The van der Waals surface area contributed by atoms with Crippen molar-refractivity contribution in [2.45, 2.75) is 32.2 Å². The first-order chi connectivity index (χ1) is 8.09. The van der Waals surface area contributed by atoms with Gasteiger partial charge in [0.1, 0.15) is 0 Å². The van der Waals surface area contributed by atoms with Crippen molar-refractivity contribution in [3.05, 3.63) is 35.4 Å².